The topological polar surface area (TPSA) is 46.5 Å². The first-order valence-corrected chi connectivity index (χ1v) is 5.55. The van der Waals surface area contributed by atoms with Crippen LogP contribution < -0.4 is 4.74 Å². The lowest BCUT2D eigenvalue weighted by Gasteiger charge is -2.12. The van der Waals surface area contributed by atoms with Crippen molar-refractivity contribution >= 4 is 5.97 Å². The molecule has 88 valence electrons. The molecule has 0 aliphatic rings. The highest BCUT2D eigenvalue weighted by molar-refractivity contribution is 5.76. The van der Waals surface area contributed by atoms with E-state index in [-0.39, 0.29) is 0 Å². The van der Waals surface area contributed by atoms with Gasteiger partial charge in [-0.3, -0.25) is 4.79 Å². The van der Waals surface area contributed by atoms with Crippen molar-refractivity contribution in [1.82, 2.24) is 0 Å². The molecule has 0 spiro atoms. The Morgan fingerprint density at radius 1 is 1.38 bits per heavy atom. The van der Waals surface area contributed by atoms with Crippen molar-refractivity contribution in [2.24, 2.45) is 0 Å². The van der Waals surface area contributed by atoms with E-state index in [0.717, 1.165) is 24.2 Å². The minimum absolute atomic E-state index is 0.397. The largest absolute Gasteiger partial charge is 0.497 e. The predicted molar refractivity (Wildman–Crippen MR) is 62.9 cm³/mol. The quantitative estimate of drug-likeness (QED) is 0.804. The van der Waals surface area contributed by atoms with Crippen LogP contribution in [-0.4, -0.2) is 18.2 Å². The van der Waals surface area contributed by atoms with Crippen molar-refractivity contribution < 1.29 is 14.6 Å². The molecule has 1 N–H and O–H groups in total. The lowest BCUT2D eigenvalue weighted by Crippen LogP contribution is -2.11. The minimum Gasteiger partial charge on any atom is -0.497 e. The van der Waals surface area contributed by atoms with Crippen LogP contribution in [0.1, 0.15) is 37.7 Å². The number of hydrogen-bond acceptors (Lipinski definition) is 2. The number of unbranched alkanes of at least 4 members (excludes halogenated alkanes) is 1. The zero-order valence-electron chi connectivity index (χ0n) is 9.77. The predicted octanol–water partition coefficient (Wildman–Crippen LogP) is 3.05. The third-order valence-electron chi connectivity index (χ3n) is 2.66. The van der Waals surface area contributed by atoms with Crippen LogP contribution in [0.5, 0.6) is 5.75 Å². The fourth-order valence-corrected chi connectivity index (χ4v) is 1.68. The second-order valence-electron chi connectivity index (χ2n) is 3.81. The number of ether oxygens (including phenoxy) is 1. The molecule has 0 bridgehead atoms. The van der Waals surface area contributed by atoms with Crippen LogP contribution in [0, 0.1) is 0 Å². The summed E-state index contributed by atoms with van der Waals surface area (Å²) >= 11 is 0. The van der Waals surface area contributed by atoms with Crippen LogP contribution in [0.25, 0.3) is 0 Å². The number of carboxylic acids is 1. The first kappa shape index (κ1) is 12.6. The van der Waals surface area contributed by atoms with Crippen molar-refractivity contribution in [2.75, 3.05) is 7.11 Å². The van der Waals surface area contributed by atoms with Crippen LogP contribution in [0.2, 0.25) is 0 Å². The number of hydrogen-bond donors (Lipinski definition) is 1. The van der Waals surface area contributed by atoms with Crippen LogP contribution in [0.4, 0.5) is 0 Å². The van der Waals surface area contributed by atoms with Crippen molar-refractivity contribution in [3.8, 4) is 5.75 Å². The zero-order valence-corrected chi connectivity index (χ0v) is 9.77. The summed E-state index contributed by atoms with van der Waals surface area (Å²) in [4.78, 5) is 11.1. The van der Waals surface area contributed by atoms with Gasteiger partial charge in [0.05, 0.1) is 13.0 Å². The Bertz CT molecular complexity index is 330. The number of benzene rings is 1. The molecule has 0 aliphatic carbocycles. The van der Waals surface area contributed by atoms with Crippen LogP contribution >= 0.6 is 0 Å². The highest BCUT2D eigenvalue weighted by Crippen LogP contribution is 2.24. The van der Waals surface area contributed by atoms with Gasteiger partial charge < -0.3 is 9.84 Å². The van der Waals surface area contributed by atoms with Gasteiger partial charge in [0.2, 0.25) is 0 Å². The van der Waals surface area contributed by atoms with Gasteiger partial charge in [-0.1, -0.05) is 31.9 Å². The van der Waals surface area contributed by atoms with E-state index in [2.05, 4.69) is 6.92 Å². The fourth-order valence-electron chi connectivity index (χ4n) is 1.68. The van der Waals surface area contributed by atoms with Gasteiger partial charge in [0.1, 0.15) is 5.75 Å². The van der Waals surface area contributed by atoms with Crippen molar-refractivity contribution in [3.05, 3.63) is 29.8 Å². The van der Waals surface area contributed by atoms with E-state index >= 15 is 0 Å². The van der Waals surface area contributed by atoms with E-state index in [1.807, 2.05) is 12.1 Å². The van der Waals surface area contributed by atoms with Crippen molar-refractivity contribution in [3.63, 3.8) is 0 Å². The molecule has 3 nitrogen and oxygen atoms in total. The number of carboxylic acid groups (broad SMARTS) is 1. The summed E-state index contributed by atoms with van der Waals surface area (Å²) in [6.45, 7) is 2.06. The summed E-state index contributed by atoms with van der Waals surface area (Å²) in [6, 6.07) is 7.26. The monoisotopic (exact) mass is 222 g/mol. The molecule has 0 aliphatic heterocycles. The maximum atomic E-state index is 11.1. The first-order chi connectivity index (χ1) is 7.69. The van der Waals surface area contributed by atoms with Gasteiger partial charge in [-0.15, -0.1) is 0 Å². The molecule has 0 unspecified atom stereocenters. The molecule has 0 saturated carbocycles. The molecule has 0 fully saturated rings. The van der Waals surface area contributed by atoms with E-state index in [0.29, 0.717) is 6.42 Å². The average Bonchev–Trinajstić information content (AvgIpc) is 2.30. The molecule has 0 aromatic heterocycles. The first-order valence-electron chi connectivity index (χ1n) is 5.55. The molecule has 16 heavy (non-hydrogen) atoms. The Balaban J connectivity index is 2.79. The van der Waals surface area contributed by atoms with Gasteiger partial charge in [-0.05, 0) is 24.1 Å². The van der Waals surface area contributed by atoms with Gasteiger partial charge >= 0.3 is 5.97 Å². The van der Waals surface area contributed by atoms with Gasteiger partial charge in [-0.25, -0.2) is 0 Å². The fraction of sp³-hybridized carbons (Fsp3) is 0.462. The standard InChI is InChI=1S/C13H18O3/c1-3-4-5-12(13(14)15)10-6-8-11(16-2)9-7-10/h6-9,12H,3-5H2,1-2H3,(H,14,15)/t12-/m1/s1. The Labute approximate surface area is 96.1 Å². The summed E-state index contributed by atoms with van der Waals surface area (Å²) in [7, 11) is 1.60. The smallest absolute Gasteiger partial charge is 0.310 e. The lowest BCUT2D eigenvalue weighted by atomic mass is 9.94. The summed E-state index contributed by atoms with van der Waals surface area (Å²) in [5, 5.41) is 9.15. The molecule has 1 rings (SSSR count). The number of carbonyl (C=O) groups is 1. The molecule has 1 atom stereocenters. The van der Waals surface area contributed by atoms with Crippen molar-refractivity contribution in [1.29, 1.82) is 0 Å². The van der Waals surface area contributed by atoms with Crippen LogP contribution in [0.3, 0.4) is 0 Å². The van der Waals surface area contributed by atoms with Crippen LogP contribution in [-0.2, 0) is 4.79 Å². The highest BCUT2D eigenvalue weighted by Gasteiger charge is 2.18. The van der Waals surface area contributed by atoms with Gasteiger partial charge in [-0.2, -0.15) is 0 Å². The van der Waals surface area contributed by atoms with E-state index in [1.54, 1.807) is 19.2 Å². The Morgan fingerprint density at radius 2 is 2.00 bits per heavy atom. The molecule has 1 aromatic rings. The maximum absolute atomic E-state index is 11.1. The second-order valence-corrected chi connectivity index (χ2v) is 3.81. The Kier molecular flexibility index (Phi) is 4.83. The number of methoxy groups -OCH3 is 1. The van der Waals surface area contributed by atoms with Crippen molar-refractivity contribution in [2.45, 2.75) is 32.1 Å². The minimum atomic E-state index is -0.751. The van der Waals surface area contributed by atoms with Gasteiger partial charge in [0, 0.05) is 0 Å². The molecule has 0 amide bonds. The third-order valence-corrected chi connectivity index (χ3v) is 2.66. The summed E-state index contributed by atoms with van der Waals surface area (Å²) in [5.41, 5.74) is 0.849. The molecule has 0 saturated heterocycles. The number of rotatable bonds is 6. The van der Waals surface area contributed by atoms with Gasteiger partial charge in [0.25, 0.3) is 0 Å². The number of aliphatic carboxylic acids is 1. The zero-order chi connectivity index (χ0) is 12.0. The summed E-state index contributed by atoms with van der Waals surface area (Å²) in [5.74, 6) is -0.396. The summed E-state index contributed by atoms with van der Waals surface area (Å²) < 4.78 is 5.04. The molecular weight excluding hydrogens is 204 g/mol. The normalized spacial score (nSPS) is 12.1. The second kappa shape index (κ2) is 6.16. The van der Waals surface area contributed by atoms with Gasteiger partial charge in [0.15, 0.2) is 0 Å². The third kappa shape index (κ3) is 3.26. The Hall–Kier alpha value is -1.51. The average molecular weight is 222 g/mol. The molecule has 0 radical (unpaired) electrons. The van der Waals surface area contributed by atoms with E-state index in [9.17, 15) is 4.79 Å². The molecule has 0 heterocycles. The lowest BCUT2D eigenvalue weighted by molar-refractivity contribution is -0.139. The van der Waals surface area contributed by atoms with Crippen LogP contribution in [0.15, 0.2) is 24.3 Å². The van der Waals surface area contributed by atoms with E-state index in [1.165, 1.54) is 0 Å². The summed E-state index contributed by atoms with van der Waals surface area (Å²) in [6.07, 6.45) is 2.64. The SMILES string of the molecule is CCCC[C@@H](C(=O)O)c1ccc(OC)cc1. The Morgan fingerprint density at radius 3 is 2.44 bits per heavy atom. The molecule has 3 heteroatoms. The molecule has 1 aromatic carbocycles. The highest BCUT2D eigenvalue weighted by atomic mass is 16.5. The maximum Gasteiger partial charge on any atom is 0.310 e. The van der Waals surface area contributed by atoms with E-state index in [4.69, 9.17) is 9.84 Å². The van der Waals surface area contributed by atoms with E-state index < -0.39 is 11.9 Å². The molecular formula is C13H18O3.